The van der Waals surface area contributed by atoms with Gasteiger partial charge in [0.2, 0.25) is 0 Å². The Morgan fingerprint density at radius 1 is 0.909 bits per heavy atom. The molecule has 0 radical (unpaired) electrons. The smallest absolute Gasteiger partial charge is 0.410 e. The molecule has 0 spiro atoms. The number of carbonyl (C=O) groups is 4. The number of aliphatic hydroxyl groups excluding tert-OH is 1. The Hall–Kier alpha value is -2.56. The van der Waals surface area contributed by atoms with Crippen molar-refractivity contribution in [1.82, 2.24) is 9.80 Å². The van der Waals surface area contributed by atoms with Crippen molar-refractivity contribution in [2.75, 3.05) is 27.7 Å². The molecule has 1 N–H and O–H groups in total. The number of cyclic esters (lactones) is 1. The maximum absolute atomic E-state index is 14.6. The maximum atomic E-state index is 14.6. The molecule has 13 atom stereocenters. The quantitative estimate of drug-likeness (QED) is 0.0971. The number of fused-ring (bicyclic) bond motifs is 1. The second kappa shape index (κ2) is 20.7. The van der Waals surface area contributed by atoms with Crippen molar-refractivity contribution in [2.24, 2.45) is 23.7 Å². The molecule has 0 aromatic heterocycles. The summed E-state index contributed by atoms with van der Waals surface area (Å²) in [5, 5.41) is 11.4. The molecule has 3 aliphatic heterocycles. The van der Waals surface area contributed by atoms with Crippen molar-refractivity contribution in [1.29, 1.82) is 0 Å². The fraction of sp³-hybridized carbons (Fsp3) is 0.860. The van der Waals surface area contributed by atoms with Crippen molar-refractivity contribution in [3.8, 4) is 11.8 Å². The first-order chi connectivity index (χ1) is 25.9. The van der Waals surface area contributed by atoms with Crippen molar-refractivity contribution < 1.29 is 48.0 Å². The molecule has 12 nitrogen and oxygen atoms in total. The number of esters is 1. The lowest BCUT2D eigenvalue weighted by atomic mass is 9.73. The summed E-state index contributed by atoms with van der Waals surface area (Å²) < 4.78 is 31.2. The molecular weight excluding hydrogens is 704 g/mol. The molecule has 314 valence electrons. The number of carbonyl (C=O) groups excluding carboxylic acids is 4. The predicted octanol–water partition coefficient (Wildman–Crippen LogP) is 6.33. The van der Waals surface area contributed by atoms with E-state index in [9.17, 15) is 24.3 Å². The van der Waals surface area contributed by atoms with E-state index in [4.69, 9.17) is 23.7 Å². The number of rotatable bonds is 13. The molecule has 12 heteroatoms. The first kappa shape index (κ1) is 46.8. The Balaban J connectivity index is 1.97. The van der Waals surface area contributed by atoms with Crippen LogP contribution in [0.3, 0.4) is 0 Å². The largest absolute Gasteiger partial charge is 0.458 e. The zero-order valence-corrected chi connectivity index (χ0v) is 35.9. The van der Waals surface area contributed by atoms with Gasteiger partial charge in [0.1, 0.15) is 23.9 Å². The SMILES string of the molecule is CCC#CCCCCCCCCN1C(=O)O[C@@]2(C)[C@@H]1[C@@H](C)C(=O)[C@H](C)C[C@@](C)(OC)[C@H](O[C@@H]1O[C@H](C)C[C@H](N(C)C)[C@H]1O)[C@@H](C)C(=O)[C@@H](C)C(=O)O[C@@H]2CC. The first-order valence-electron chi connectivity index (χ1n) is 20.8. The van der Waals surface area contributed by atoms with Crippen molar-refractivity contribution in [3.63, 3.8) is 0 Å². The number of likely N-dealkylation sites (N-methyl/N-ethyl adjacent to an activating group) is 1. The molecule has 3 heterocycles. The summed E-state index contributed by atoms with van der Waals surface area (Å²) >= 11 is 0. The van der Waals surface area contributed by atoms with Gasteiger partial charge < -0.3 is 38.6 Å². The standard InChI is InChI=1S/C43H72N2O10/c1-13-15-16-17-18-19-20-21-22-23-24-45-37-29(5)34(46)27(3)26-42(8,51-12)38(54-40-36(48)32(44(10)11)25-28(4)52-40)30(6)35(47)31(7)39(49)53-33(14-2)43(37,9)55-41(45)50/h27-33,36-38,40,48H,13-14,17-26H2,1-12H3/t27-,28-,29+,30+,31-,32+,33-,36-,37+,38-,40+,42-,43-/m1/s1. The van der Waals surface area contributed by atoms with E-state index in [1.807, 2.05) is 46.7 Å². The number of methoxy groups -OCH3 is 1. The van der Waals surface area contributed by atoms with Crippen LogP contribution in [-0.4, -0.2) is 120 Å². The number of aliphatic hydroxyl groups is 1. The minimum absolute atomic E-state index is 0.117. The fourth-order valence-electron chi connectivity index (χ4n) is 9.13. The van der Waals surface area contributed by atoms with Crippen molar-refractivity contribution in [2.45, 2.75) is 187 Å². The van der Waals surface area contributed by atoms with Crippen LogP contribution in [-0.2, 0) is 38.1 Å². The van der Waals surface area contributed by atoms with Gasteiger partial charge in [0.15, 0.2) is 17.7 Å². The van der Waals surface area contributed by atoms with E-state index >= 15 is 0 Å². The molecule has 1 amide bonds. The summed E-state index contributed by atoms with van der Waals surface area (Å²) in [7, 11) is 5.26. The highest BCUT2D eigenvalue weighted by Gasteiger charge is 2.60. The number of unbranched alkanes of at least 4 members (excludes halogenated alkanes) is 6. The molecule has 55 heavy (non-hydrogen) atoms. The van der Waals surface area contributed by atoms with Crippen LogP contribution < -0.4 is 0 Å². The molecule has 3 saturated heterocycles. The highest BCUT2D eigenvalue weighted by atomic mass is 16.7. The van der Waals surface area contributed by atoms with Gasteiger partial charge in [-0.2, -0.15) is 0 Å². The zero-order chi connectivity index (χ0) is 41.2. The summed E-state index contributed by atoms with van der Waals surface area (Å²) in [4.78, 5) is 60.1. The molecule has 3 aliphatic rings. The number of ether oxygens (including phenoxy) is 5. The van der Waals surface area contributed by atoms with E-state index in [1.165, 1.54) is 14.0 Å². The third kappa shape index (κ3) is 11.1. The average Bonchev–Trinajstić information content (AvgIpc) is 3.41. The first-order valence-corrected chi connectivity index (χ1v) is 20.8. The van der Waals surface area contributed by atoms with E-state index in [2.05, 4.69) is 18.8 Å². The number of amides is 1. The van der Waals surface area contributed by atoms with Gasteiger partial charge in [0.25, 0.3) is 0 Å². The highest BCUT2D eigenvalue weighted by molar-refractivity contribution is 6.00. The summed E-state index contributed by atoms with van der Waals surface area (Å²) in [6, 6.07) is -0.994. The fourth-order valence-corrected chi connectivity index (χ4v) is 9.13. The van der Waals surface area contributed by atoms with E-state index in [0.29, 0.717) is 19.4 Å². The molecule has 0 aromatic carbocycles. The second-order valence-corrected chi connectivity index (χ2v) is 17.0. The molecule has 0 aromatic rings. The minimum Gasteiger partial charge on any atom is -0.458 e. The molecular formula is C43H72N2O10. The van der Waals surface area contributed by atoms with Crippen molar-refractivity contribution >= 4 is 23.6 Å². The van der Waals surface area contributed by atoms with Gasteiger partial charge in [-0.3, -0.25) is 14.4 Å². The Kier molecular flexibility index (Phi) is 17.7. The van der Waals surface area contributed by atoms with E-state index in [-0.39, 0.29) is 24.3 Å². The van der Waals surface area contributed by atoms with Gasteiger partial charge in [0.05, 0.1) is 23.9 Å². The summed E-state index contributed by atoms with van der Waals surface area (Å²) in [6.45, 7) is 16.6. The molecule has 0 bridgehead atoms. The second-order valence-electron chi connectivity index (χ2n) is 17.0. The number of hydrogen-bond acceptors (Lipinski definition) is 11. The van der Waals surface area contributed by atoms with Crippen LogP contribution >= 0.6 is 0 Å². The van der Waals surface area contributed by atoms with Crippen LogP contribution in [0.5, 0.6) is 0 Å². The Morgan fingerprint density at radius 3 is 2.15 bits per heavy atom. The monoisotopic (exact) mass is 777 g/mol. The molecule has 3 rings (SSSR count). The Morgan fingerprint density at radius 2 is 1.55 bits per heavy atom. The van der Waals surface area contributed by atoms with Gasteiger partial charge >= 0.3 is 12.1 Å². The van der Waals surface area contributed by atoms with Gasteiger partial charge in [-0.05, 0) is 73.9 Å². The molecule has 0 aliphatic carbocycles. The third-order valence-electron chi connectivity index (χ3n) is 12.4. The van der Waals surface area contributed by atoms with Gasteiger partial charge in [-0.1, -0.05) is 60.3 Å². The number of Topliss-reactive ketones (excluding diaryl/α,β-unsaturated/α-hetero) is 2. The summed E-state index contributed by atoms with van der Waals surface area (Å²) in [5.74, 6) is 1.55. The van der Waals surface area contributed by atoms with Crippen molar-refractivity contribution in [3.05, 3.63) is 0 Å². The number of nitrogens with zero attached hydrogens (tertiary/aromatic N) is 2. The number of ketones is 2. The van der Waals surface area contributed by atoms with Crippen LogP contribution in [0.4, 0.5) is 4.79 Å². The van der Waals surface area contributed by atoms with Crippen LogP contribution in [0.2, 0.25) is 0 Å². The lowest BCUT2D eigenvalue weighted by Gasteiger charge is -2.47. The zero-order valence-electron chi connectivity index (χ0n) is 35.9. The Bertz CT molecular complexity index is 1360. The van der Waals surface area contributed by atoms with Gasteiger partial charge in [-0.25, -0.2) is 4.79 Å². The summed E-state index contributed by atoms with van der Waals surface area (Å²) in [6.07, 6.45) is 3.89. The van der Waals surface area contributed by atoms with Gasteiger partial charge in [0, 0.05) is 50.3 Å². The van der Waals surface area contributed by atoms with Crippen LogP contribution in [0.1, 0.15) is 133 Å². The number of hydrogen-bond donors (Lipinski definition) is 1. The van der Waals surface area contributed by atoms with Crippen LogP contribution in [0.25, 0.3) is 0 Å². The van der Waals surface area contributed by atoms with E-state index in [0.717, 1.165) is 51.4 Å². The van der Waals surface area contributed by atoms with E-state index < -0.39 is 83.4 Å². The maximum Gasteiger partial charge on any atom is 0.410 e. The lowest BCUT2D eigenvalue weighted by molar-refractivity contribution is -0.295. The Labute approximate surface area is 331 Å². The molecule has 3 fully saturated rings. The molecule has 0 saturated carbocycles. The predicted molar refractivity (Wildman–Crippen MR) is 210 cm³/mol. The third-order valence-corrected chi connectivity index (χ3v) is 12.4. The van der Waals surface area contributed by atoms with Crippen LogP contribution in [0, 0.1) is 35.5 Å². The topological polar surface area (TPSA) is 141 Å². The highest BCUT2D eigenvalue weighted by Crippen LogP contribution is 2.43. The van der Waals surface area contributed by atoms with Crippen LogP contribution in [0.15, 0.2) is 0 Å². The van der Waals surface area contributed by atoms with Gasteiger partial charge in [-0.15, -0.1) is 11.8 Å². The lowest BCUT2D eigenvalue weighted by Crippen LogP contribution is -2.60. The minimum atomic E-state index is -1.35. The normalized spacial score (nSPS) is 37.9. The summed E-state index contributed by atoms with van der Waals surface area (Å²) in [5.41, 5.74) is -2.59. The van der Waals surface area contributed by atoms with E-state index in [1.54, 1.807) is 25.7 Å². The molecule has 0 unspecified atom stereocenters. The average molecular weight is 777 g/mol.